The zero-order valence-electron chi connectivity index (χ0n) is 8.75. The largest absolute Gasteiger partial charge is 0.358 e. The number of amidine groups is 1. The van der Waals surface area contributed by atoms with Crippen LogP contribution in [0.1, 0.15) is 26.2 Å². The lowest BCUT2D eigenvalue weighted by Gasteiger charge is -2.34. The second kappa shape index (κ2) is 3.29. The second-order valence-corrected chi connectivity index (χ2v) is 4.22. The van der Waals surface area contributed by atoms with E-state index in [2.05, 4.69) is 36.2 Å². The highest BCUT2D eigenvalue weighted by Crippen LogP contribution is 2.29. The monoisotopic (exact) mass is 181 g/mol. The number of nitrogens with zero attached hydrogens (tertiary/aromatic N) is 2. The summed E-state index contributed by atoms with van der Waals surface area (Å²) in [6, 6.07) is 1.94. The Labute approximate surface area is 80.2 Å². The molecule has 3 unspecified atom stereocenters. The van der Waals surface area contributed by atoms with Crippen LogP contribution in [0.3, 0.4) is 0 Å². The molecule has 1 aliphatic carbocycles. The fourth-order valence-corrected chi connectivity index (χ4v) is 2.53. The minimum Gasteiger partial charge on any atom is -0.358 e. The van der Waals surface area contributed by atoms with Gasteiger partial charge in [-0.25, -0.2) is 0 Å². The van der Waals surface area contributed by atoms with Gasteiger partial charge in [-0.3, -0.25) is 4.99 Å². The van der Waals surface area contributed by atoms with Gasteiger partial charge in [0.2, 0.25) is 0 Å². The molecule has 3 atom stereocenters. The topological polar surface area (TPSA) is 27.6 Å². The first-order valence-corrected chi connectivity index (χ1v) is 5.17. The highest BCUT2D eigenvalue weighted by molar-refractivity contribution is 5.81. The van der Waals surface area contributed by atoms with Crippen LogP contribution < -0.4 is 5.32 Å². The molecule has 0 amide bonds. The minimum atomic E-state index is 0.578. The van der Waals surface area contributed by atoms with Crippen molar-refractivity contribution in [1.82, 2.24) is 10.2 Å². The molecule has 13 heavy (non-hydrogen) atoms. The van der Waals surface area contributed by atoms with E-state index < -0.39 is 0 Å². The second-order valence-electron chi connectivity index (χ2n) is 4.22. The summed E-state index contributed by atoms with van der Waals surface area (Å²) in [5, 5.41) is 3.37. The van der Waals surface area contributed by atoms with Crippen LogP contribution in [0.5, 0.6) is 0 Å². The van der Waals surface area contributed by atoms with Crippen molar-refractivity contribution in [3.8, 4) is 0 Å². The van der Waals surface area contributed by atoms with Crippen molar-refractivity contribution >= 4 is 5.84 Å². The van der Waals surface area contributed by atoms with Gasteiger partial charge in [-0.05, 0) is 33.2 Å². The van der Waals surface area contributed by atoms with E-state index in [4.69, 9.17) is 0 Å². The molecule has 1 saturated carbocycles. The van der Waals surface area contributed by atoms with E-state index in [1.807, 2.05) is 0 Å². The van der Waals surface area contributed by atoms with Crippen molar-refractivity contribution in [2.45, 2.75) is 44.3 Å². The van der Waals surface area contributed by atoms with E-state index in [-0.39, 0.29) is 0 Å². The average molecular weight is 181 g/mol. The number of rotatable bonds is 1. The smallest absolute Gasteiger partial charge is 0.0962 e. The summed E-state index contributed by atoms with van der Waals surface area (Å²) >= 11 is 0. The van der Waals surface area contributed by atoms with Crippen LogP contribution in [0.15, 0.2) is 4.99 Å². The van der Waals surface area contributed by atoms with Gasteiger partial charge < -0.3 is 10.2 Å². The lowest BCUT2D eigenvalue weighted by molar-refractivity contribution is 0.238. The molecule has 3 heteroatoms. The van der Waals surface area contributed by atoms with Crippen molar-refractivity contribution in [2.75, 3.05) is 14.1 Å². The van der Waals surface area contributed by atoms with E-state index in [0.29, 0.717) is 18.1 Å². The predicted molar refractivity (Wildman–Crippen MR) is 55.1 cm³/mol. The zero-order chi connectivity index (χ0) is 9.42. The van der Waals surface area contributed by atoms with Gasteiger partial charge in [-0.15, -0.1) is 0 Å². The Morgan fingerprint density at radius 1 is 1.46 bits per heavy atom. The molecule has 74 valence electrons. The van der Waals surface area contributed by atoms with E-state index in [1.165, 1.54) is 25.1 Å². The van der Waals surface area contributed by atoms with Crippen LogP contribution in [0.25, 0.3) is 0 Å². The maximum absolute atomic E-state index is 4.68. The molecule has 0 aromatic heterocycles. The number of likely N-dealkylation sites (N-methyl/N-ethyl adjacent to an activating group) is 1. The molecular formula is C10H19N3. The Bertz CT molecular complexity index is 224. The zero-order valence-corrected chi connectivity index (χ0v) is 8.75. The quantitative estimate of drug-likeness (QED) is 0.649. The van der Waals surface area contributed by atoms with Crippen LogP contribution in [-0.2, 0) is 0 Å². The standard InChI is InChI=1S/C10H19N3/c1-7-12-9-5-4-8(11-2)6-10(9)13(7)3/h8-11H,4-6H2,1-3H3. The van der Waals surface area contributed by atoms with Gasteiger partial charge >= 0.3 is 0 Å². The lowest BCUT2D eigenvalue weighted by atomic mass is 9.87. The van der Waals surface area contributed by atoms with E-state index in [1.54, 1.807) is 0 Å². The molecule has 0 spiro atoms. The van der Waals surface area contributed by atoms with Gasteiger partial charge in [-0.1, -0.05) is 0 Å². The Hall–Kier alpha value is -0.570. The molecule has 0 saturated heterocycles. The first-order chi connectivity index (χ1) is 6.22. The lowest BCUT2D eigenvalue weighted by Crippen LogP contribution is -2.45. The van der Waals surface area contributed by atoms with Gasteiger partial charge in [0, 0.05) is 13.1 Å². The first-order valence-electron chi connectivity index (χ1n) is 5.17. The van der Waals surface area contributed by atoms with Gasteiger partial charge in [0.1, 0.15) is 0 Å². The molecule has 1 heterocycles. The van der Waals surface area contributed by atoms with Crippen molar-refractivity contribution < 1.29 is 0 Å². The number of nitrogens with one attached hydrogen (secondary N) is 1. The number of aliphatic imine (C=N–C) groups is 1. The molecule has 2 rings (SSSR count). The van der Waals surface area contributed by atoms with Crippen molar-refractivity contribution in [2.24, 2.45) is 4.99 Å². The van der Waals surface area contributed by atoms with Crippen LogP contribution in [-0.4, -0.2) is 43.0 Å². The summed E-state index contributed by atoms with van der Waals surface area (Å²) in [5.74, 6) is 1.21. The number of hydrogen-bond acceptors (Lipinski definition) is 3. The van der Waals surface area contributed by atoms with Crippen LogP contribution >= 0.6 is 0 Å². The molecule has 0 radical (unpaired) electrons. The number of fused-ring (bicyclic) bond motifs is 1. The molecule has 1 fully saturated rings. The highest BCUT2D eigenvalue weighted by Gasteiger charge is 2.36. The maximum atomic E-state index is 4.68. The fraction of sp³-hybridized carbons (Fsp3) is 0.900. The molecule has 2 aliphatic rings. The SMILES string of the molecule is CNC1CCC2N=C(C)N(C)C2C1. The normalized spacial score (nSPS) is 38.8. The van der Waals surface area contributed by atoms with Crippen molar-refractivity contribution in [3.63, 3.8) is 0 Å². The van der Waals surface area contributed by atoms with Gasteiger partial charge in [0.15, 0.2) is 0 Å². The molecule has 3 nitrogen and oxygen atoms in total. The molecule has 0 aromatic rings. The summed E-state index contributed by atoms with van der Waals surface area (Å²) < 4.78 is 0. The third-order valence-electron chi connectivity index (χ3n) is 3.55. The fourth-order valence-electron chi connectivity index (χ4n) is 2.53. The van der Waals surface area contributed by atoms with Gasteiger partial charge in [-0.2, -0.15) is 0 Å². The van der Waals surface area contributed by atoms with Crippen LogP contribution in [0, 0.1) is 0 Å². The third-order valence-corrected chi connectivity index (χ3v) is 3.55. The van der Waals surface area contributed by atoms with E-state index in [0.717, 1.165) is 0 Å². The van der Waals surface area contributed by atoms with E-state index in [9.17, 15) is 0 Å². The summed E-state index contributed by atoms with van der Waals surface area (Å²) in [6.07, 6.45) is 3.78. The predicted octanol–water partition coefficient (Wildman–Crippen LogP) is 0.859. The summed E-state index contributed by atoms with van der Waals surface area (Å²) in [7, 11) is 4.23. The summed E-state index contributed by atoms with van der Waals surface area (Å²) in [4.78, 5) is 7.02. The minimum absolute atomic E-state index is 0.578. The molecule has 0 bridgehead atoms. The number of hydrogen-bond donors (Lipinski definition) is 1. The summed E-state index contributed by atoms with van der Waals surface area (Å²) in [5.41, 5.74) is 0. The third kappa shape index (κ3) is 1.46. The molecular weight excluding hydrogens is 162 g/mol. The first kappa shape index (κ1) is 9.00. The Balaban J connectivity index is 2.05. The van der Waals surface area contributed by atoms with Gasteiger partial charge in [0.05, 0.1) is 17.9 Å². The Morgan fingerprint density at radius 2 is 2.23 bits per heavy atom. The molecule has 1 N–H and O–H groups in total. The molecule has 0 aromatic carbocycles. The highest BCUT2D eigenvalue weighted by atomic mass is 15.3. The van der Waals surface area contributed by atoms with Crippen LogP contribution in [0.4, 0.5) is 0 Å². The Morgan fingerprint density at radius 3 is 2.92 bits per heavy atom. The van der Waals surface area contributed by atoms with Crippen molar-refractivity contribution in [3.05, 3.63) is 0 Å². The van der Waals surface area contributed by atoms with Crippen LogP contribution in [0.2, 0.25) is 0 Å². The average Bonchev–Trinajstić information content (AvgIpc) is 2.43. The Kier molecular flexibility index (Phi) is 2.28. The maximum Gasteiger partial charge on any atom is 0.0962 e. The molecule has 1 aliphatic heterocycles. The van der Waals surface area contributed by atoms with E-state index >= 15 is 0 Å². The van der Waals surface area contributed by atoms with Crippen molar-refractivity contribution in [1.29, 1.82) is 0 Å². The van der Waals surface area contributed by atoms with Gasteiger partial charge in [0.25, 0.3) is 0 Å². The summed E-state index contributed by atoms with van der Waals surface area (Å²) in [6.45, 7) is 2.12.